The van der Waals surface area contributed by atoms with Crippen LogP contribution in [-0.4, -0.2) is 23.1 Å². The Labute approximate surface area is 336 Å². The molecule has 0 unspecified atom stereocenters. The van der Waals surface area contributed by atoms with Crippen molar-refractivity contribution in [3.63, 3.8) is 0 Å². The van der Waals surface area contributed by atoms with E-state index in [9.17, 15) is 20.2 Å². The molecule has 0 atom stereocenters. The van der Waals surface area contributed by atoms with Crippen LogP contribution in [0.4, 0.5) is 11.4 Å². The molecule has 0 bridgehead atoms. The number of benzene rings is 2. The van der Waals surface area contributed by atoms with Crippen LogP contribution in [0.25, 0.3) is 0 Å². The number of rotatable bonds is 40. The number of unbranched alkanes of at least 4 members (excludes halogenated alkanes) is 30. The third-order valence-corrected chi connectivity index (χ3v) is 11.3. The quantitative estimate of drug-likeness (QED) is 0.0382. The summed E-state index contributed by atoms with van der Waals surface area (Å²) in [6.07, 6.45) is 45.2. The number of non-ortho nitro benzene ring substituents is 2. The van der Waals surface area contributed by atoms with E-state index in [1.54, 1.807) is 24.3 Å². The average molecular weight is 765 g/mol. The fourth-order valence-corrected chi connectivity index (χ4v) is 7.69. The molecule has 0 heterocycles. The third-order valence-electron chi connectivity index (χ3n) is 11.3. The topological polar surface area (TPSA) is 95.5 Å². The number of nitro groups is 2. The Hall–Kier alpha value is -2.80. The number of nitrogens with zero attached hydrogens (tertiary/aromatic N) is 2. The van der Waals surface area contributed by atoms with Crippen molar-refractivity contribution in [1.29, 1.82) is 0 Å². The summed E-state index contributed by atoms with van der Waals surface area (Å²) in [5, 5.41) is 21.5. The van der Waals surface area contributed by atoms with Crippen LogP contribution in [0.3, 0.4) is 0 Å². The fourth-order valence-electron chi connectivity index (χ4n) is 7.69. The van der Waals surface area contributed by atoms with Crippen LogP contribution in [-0.2, 0) is 17.6 Å². The maximum atomic E-state index is 10.7. The van der Waals surface area contributed by atoms with Crippen molar-refractivity contribution in [2.24, 2.45) is 0 Å². The van der Waals surface area contributed by atoms with E-state index >= 15 is 0 Å². The Balaban J connectivity index is 1.15. The first kappa shape index (κ1) is 48.3. The van der Waals surface area contributed by atoms with Gasteiger partial charge in [-0.15, -0.1) is 0 Å². The molecule has 0 aromatic heterocycles. The van der Waals surface area contributed by atoms with Crippen molar-refractivity contribution in [3.8, 4) is 0 Å². The molecule has 0 saturated heterocycles. The Morgan fingerprint density at radius 1 is 0.309 bits per heavy atom. The van der Waals surface area contributed by atoms with Gasteiger partial charge in [0.25, 0.3) is 11.4 Å². The molecule has 0 N–H and O–H groups in total. The maximum absolute atomic E-state index is 10.7. The van der Waals surface area contributed by atoms with Gasteiger partial charge in [-0.25, -0.2) is 0 Å². The molecule has 0 aliphatic heterocycles. The molecule has 0 amide bonds. The van der Waals surface area contributed by atoms with Gasteiger partial charge in [0.05, 0.1) is 9.85 Å². The normalized spacial score (nSPS) is 11.3. The highest BCUT2D eigenvalue weighted by Gasteiger charge is 2.05. The summed E-state index contributed by atoms with van der Waals surface area (Å²) < 4.78 is 5.90. The summed E-state index contributed by atoms with van der Waals surface area (Å²) >= 11 is 0. The van der Waals surface area contributed by atoms with Gasteiger partial charge in [-0.1, -0.05) is 204 Å². The highest BCUT2D eigenvalue weighted by Crippen LogP contribution is 2.19. The summed E-state index contributed by atoms with van der Waals surface area (Å²) in [7, 11) is 0. The summed E-state index contributed by atoms with van der Waals surface area (Å²) in [5.41, 5.74) is 2.78. The van der Waals surface area contributed by atoms with Crippen LogP contribution in [0.15, 0.2) is 48.5 Å². The molecular formula is C48H80N2O5. The van der Waals surface area contributed by atoms with Gasteiger partial charge in [0.1, 0.15) is 0 Å². The smallest absolute Gasteiger partial charge is 0.269 e. The zero-order chi connectivity index (χ0) is 39.3. The van der Waals surface area contributed by atoms with Crippen LogP contribution in [0.2, 0.25) is 0 Å². The summed E-state index contributed by atoms with van der Waals surface area (Å²) in [6.45, 7) is 1.91. The van der Waals surface area contributed by atoms with Crippen LogP contribution in [0, 0.1) is 20.2 Å². The van der Waals surface area contributed by atoms with Gasteiger partial charge in [-0.05, 0) is 49.7 Å². The molecule has 2 aromatic carbocycles. The lowest BCUT2D eigenvalue weighted by Crippen LogP contribution is -1.97. The molecule has 0 radical (unpaired) electrons. The van der Waals surface area contributed by atoms with Crippen LogP contribution < -0.4 is 0 Å². The Bertz CT molecular complexity index is 1080. The number of hydrogen-bond acceptors (Lipinski definition) is 5. The summed E-state index contributed by atoms with van der Waals surface area (Å²) in [4.78, 5) is 20.8. The van der Waals surface area contributed by atoms with Crippen molar-refractivity contribution in [2.45, 2.75) is 218 Å². The van der Waals surface area contributed by atoms with Gasteiger partial charge >= 0.3 is 0 Å². The first-order valence-corrected chi connectivity index (χ1v) is 23.1. The van der Waals surface area contributed by atoms with Crippen LogP contribution >= 0.6 is 0 Å². The van der Waals surface area contributed by atoms with Crippen LogP contribution in [0.1, 0.15) is 217 Å². The van der Waals surface area contributed by atoms with E-state index in [0.717, 1.165) is 26.1 Å². The second-order valence-electron chi connectivity index (χ2n) is 16.3. The van der Waals surface area contributed by atoms with Gasteiger partial charge in [-0.2, -0.15) is 0 Å². The van der Waals surface area contributed by atoms with E-state index in [4.69, 9.17) is 4.74 Å². The lowest BCUT2D eigenvalue weighted by Gasteiger charge is -2.06. The molecule has 7 nitrogen and oxygen atoms in total. The molecule has 312 valence electrons. The van der Waals surface area contributed by atoms with Crippen molar-refractivity contribution >= 4 is 11.4 Å². The lowest BCUT2D eigenvalue weighted by atomic mass is 10.0. The molecule has 0 saturated carbocycles. The second-order valence-corrected chi connectivity index (χ2v) is 16.3. The number of aryl methyl sites for hydroxylation is 2. The molecule has 0 aliphatic rings. The van der Waals surface area contributed by atoms with E-state index in [2.05, 4.69) is 0 Å². The minimum absolute atomic E-state index is 0.181. The second kappa shape index (κ2) is 35.6. The number of hydrogen-bond donors (Lipinski definition) is 0. The minimum atomic E-state index is -0.332. The predicted molar refractivity (Wildman–Crippen MR) is 232 cm³/mol. The highest BCUT2D eigenvalue weighted by atomic mass is 16.6. The van der Waals surface area contributed by atoms with Gasteiger partial charge in [-0.3, -0.25) is 20.2 Å². The zero-order valence-electron chi connectivity index (χ0n) is 35.0. The van der Waals surface area contributed by atoms with Gasteiger partial charge in [0.15, 0.2) is 0 Å². The van der Waals surface area contributed by atoms with E-state index in [-0.39, 0.29) is 21.2 Å². The fraction of sp³-hybridized carbons (Fsp3) is 0.750. The molecular weight excluding hydrogens is 685 g/mol. The van der Waals surface area contributed by atoms with E-state index in [1.165, 1.54) is 217 Å². The highest BCUT2D eigenvalue weighted by molar-refractivity contribution is 5.33. The maximum Gasteiger partial charge on any atom is 0.269 e. The molecule has 2 aromatic rings. The molecule has 0 fully saturated rings. The molecule has 7 heteroatoms. The largest absolute Gasteiger partial charge is 0.381 e. The van der Waals surface area contributed by atoms with Gasteiger partial charge in [0.2, 0.25) is 0 Å². The van der Waals surface area contributed by atoms with E-state index < -0.39 is 0 Å². The Morgan fingerprint density at radius 3 is 0.727 bits per heavy atom. The molecule has 0 spiro atoms. The summed E-state index contributed by atoms with van der Waals surface area (Å²) in [6, 6.07) is 14.1. The van der Waals surface area contributed by atoms with Crippen molar-refractivity contribution in [2.75, 3.05) is 13.2 Å². The van der Waals surface area contributed by atoms with E-state index in [1.807, 2.05) is 24.3 Å². The monoisotopic (exact) mass is 765 g/mol. The SMILES string of the molecule is O=[N+]([O-])c1ccc(CCCCCCCCCCCCCCCCCCOCCCCCCCCCCCCCCCCCCc2ccc([N+](=O)[O-])cc2)cc1. The minimum Gasteiger partial charge on any atom is -0.381 e. The van der Waals surface area contributed by atoms with E-state index in [0.29, 0.717) is 0 Å². The van der Waals surface area contributed by atoms with Crippen LogP contribution in [0.5, 0.6) is 0 Å². The standard InChI is InChI=1S/C48H80N2O5/c51-49(52)47-39-35-45(36-40-47)33-29-25-21-17-13-9-5-1-3-7-11-15-19-23-27-31-43-55-44-32-28-24-20-16-12-8-4-2-6-10-14-18-22-26-30-34-46-37-41-48(42-38-46)50(53)54/h35-42H,1-34,43-44H2. The summed E-state index contributed by atoms with van der Waals surface area (Å²) in [5.74, 6) is 0. The average Bonchev–Trinajstić information content (AvgIpc) is 3.19. The predicted octanol–water partition coefficient (Wildman–Crippen LogP) is 15.8. The molecule has 55 heavy (non-hydrogen) atoms. The van der Waals surface area contributed by atoms with Crippen molar-refractivity contribution in [3.05, 3.63) is 79.9 Å². The molecule has 2 rings (SSSR count). The zero-order valence-corrected chi connectivity index (χ0v) is 35.0. The van der Waals surface area contributed by atoms with Gasteiger partial charge in [0, 0.05) is 37.5 Å². The van der Waals surface area contributed by atoms with Gasteiger partial charge < -0.3 is 4.74 Å². The molecule has 0 aliphatic carbocycles. The Morgan fingerprint density at radius 2 is 0.509 bits per heavy atom. The number of ether oxygens (including phenoxy) is 1. The lowest BCUT2D eigenvalue weighted by molar-refractivity contribution is -0.385. The first-order chi connectivity index (χ1) is 27.1. The van der Waals surface area contributed by atoms with Crippen molar-refractivity contribution < 1.29 is 14.6 Å². The number of nitro benzene ring substituents is 2. The Kier molecular flexibility index (Phi) is 31.3. The third kappa shape index (κ3) is 29.2. The van der Waals surface area contributed by atoms with Crippen molar-refractivity contribution in [1.82, 2.24) is 0 Å². The first-order valence-electron chi connectivity index (χ1n) is 23.1.